The van der Waals surface area contributed by atoms with E-state index in [0.29, 0.717) is 0 Å². The molecule has 0 fully saturated rings. The van der Waals surface area contributed by atoms with Gasteiger partial charge in [0.2, 0.25) is 5.83 Å². The van der Waals surface area contributed by atoms with Crippen molar-refractivity contribution in [1.29, 1.82) is 0 Å². The van der Waals surface area contributed by atoms with E-state index >= 15 is 0 Å². The molecule has 0 aromatic rings. The summed E-state index contributed by atoms with van der Waals surface area (Å²) in [6.45, 7) is -0.175. The van der Waals surface area contributed by atoms with Crippen LogP contribution < -0.4 is 5.32 Å². The number of amides is 1. The third kappa shape index (κ3) is 6.38. The zero-order chi connectivity index (χ0) is 16.0. The third-order valence-electron chi connectivity index (χ3n) is 1.57. The molecule has 0 aliphatic heterocycles. The first-order chi connectivity index (χ1) is 8.97. The quantitative estimate of drug-likeness (QED) is 0.298. The van der Waals surface area contributed by atoms with Crippen LogP contribution in [-0.4, -0.2) is 50.0 Å². The summed E-state index contributed by atoms with van der Waals surface area (Å²) < 4.78 is 73.7. The minimum Gasteiger partial charge on any atom is -0.459 e. The fraction of sp³-hybridized carbons (Fsp3) is 0.500. The van der Waals surface area contributed by atoms with Gasteiger partial charge in [0.15, 0.2) is 6.61 Å². The maximum absolute atomic E-state index is 12.6. The molecule has 0 aliphatic rings. The molecule has 0 atom stereocenters. The Morgan fingerprint density at radius 3 is 2.30 bits per heavy atom. The number of hydrogen-bond acceptors (Lipinski definition) is 6. The van der Waals surface area contributed by atoms with Gasteiger partial charge in [0.1, 0.15) is 6.61 Å². The van der Waals surface area contributed by atoms with E-state index in [4.69, 9.17) is 4.55 Å². The molecule has 0 rings (SSSR count). The summed E-state index contributed by atoms with van der Waals surface area (Å²) in [6, 6.07) is 0. The van der Waals surface area contributed by atoms with E-state index in [1.165, 1.54) is 0 Å². The zero-order valence-electron chi connectivity index (χ0n) is 9.77. The molecule has 12 heteroatoms. The highest BCUT2D eigenvalue weighted by Gasteiger charge is 2.45. The van der Waals surface area contributed by atoms with Gasteiger partial charge in [-0.1, -0.05) is 6.58 Å². The molecule has 0 spiro atoms. The molecule has 0 heterocycles. The minimum absolute atomic E-state index is 0.407. The van der Waals surface area contributed by atoms with Crippen molar-refractivity contribution in [2.75, 3.05) is 19.8 Å². The van der Waals surface area contributed by atoms with Crippen LogP contribution in [-0.2, 0) is 24.4 Å². The fourth-order valence-electron chi connectivity index (χ4n) is 0.650. The van der Waals surface area contributed by atoms with Crippen LogP contribution in [0.5, 0.6) is 0 Å². The van der Waals surface area contributed by atoms with Gasteiger partial charge in [-0.15, -0.1) is 0 Å². The Hall–Kier alpha value is -1.82. The average molecular weight is 321 g/mol. The van der Waals surface area contributed by atoms with E-state index in [1.807, 2.05) is 0 Å². The van der Waals surface area contributed by atoms with Crippen LogP contribution in [0.4, 0.5) is 18.0 Å². The second-order valence-electron chi connectivity index (χ2n) is 3.16. The lowest BCUT2D eigenvalue weighted by Gasteiger charge is -2.13. The van der Waals surface area contributed by atoms with Crippen LogP contribution in [0.3, 0.4) is 0 Å². The van der Waals surface area contributed by atoms with Crippen LogP contribution in [0.15, 0.2) is 12.4 Å². The maximum Gasteiger partial charge on any atom is 0.407 e. The minimum atomic E-state index is -5.70. The molecule has 0 aromatic heterocycles. The number of hydrogen-bond donors (Lipinski definition) is 2. The lowest BCUT2D eigenvalue weighted by molar-refractivity contribution is -0.140. The van der Waals surface area contributed by atoms with Crippen molar-refractivity contribution in [2.45, 2.75) is 5.25 Å². The number of ether oxygens (including phenoxy) is 2. The second-order valence-corrected chi connectivity index (χ2v) is 4.70. The van der Waals surface area contributed by atoms with Crippen molar-refractivity contribution in [3.8, 4) is 0 Å². The number of alkyl halides is 2. The van der Waals surface area contributed by atoms with Gasteiger partial charge in [-0.2, -0.15) is 21.6 Å². The van der Waals surface area contributed by atoms with E-state index < -0.39 is 53.0 Å². The van der Waals surface area contributed by atoms with Crippen LogP contribution in [0.1, 0.15) is 0 Å². The molecule has 2 N–H and O–H groups in total. The largest absolute Gasteiger partial charge is 0.459 e. The van der Waals surface area contributed by atoms with Gasteiger partial charge in [0.25, 0.3) is 0 Å². The summed E-state index contributed by atoms with van der Waals surface area (Å²) in [5.74, 6) is -2.72. The maximum atomic E-state index is 12.6. The molecule has 1 amide bonds. The van der Waals surface area contributed by atoms with Gasteiger partial charge < -0.3 is 14.8 Å². The van der Waals surface area contributed by atoms with Gasteiger partial charge in [0, 0.05) is 0 Å². The Bertz CT molecular complexity index is 490. The lowest BCUT2D eigenvalue weighted by Crippen LogP contribution is -2.37. The van der Waals surface area contributed by atoms with Crippen molar-refractivity contribution < 1.29 is 45.2 Å². The fourth-order valence-corrected chi connectivity index (χ4v) is 0.858. The van der Waals surface area contributed by atoms with Crippen molar-refractivity contribution in [1.82, 2.24) is 5.32 Å². The summed E-state index contributed by atoms with van der Waals surface area (Å²) in [5, 5.41) is -2.85. The number of carbonyl (C=O) groups is 2. The van der Waals surface area contributed by atoms with E-state index in [9.17, 15) is 31.2 Å². The van der Waals surface area contributed by atoms with Crippen molar-refractivity contribution in [3.05, 3.63) is 12.4 Å². The van der Waals surface area contributed by atoms with Gasteiger partial charge in [-0.05, 0) is 0 Å². The van der Waals surface area contributed by atoms with Gasteiger partial charge >= 0.3 is 27.4 Å². The smallest absolute Gasteiger partial charge is 0.407 e. The van der Waals surface area contributed by atoms with E-state index in [-0.39, 0.29) is 0 Å². The summed E-state index contributed by atoms with van der Waals surface area (Å²) in [7, 11) is -5.70. The van der Waals surface area contributed by atoms with Gasteiger partial charge in [-0.3, -0.25) is 4.55 Å². The molecule has 8 nitrogen and oxygen atoms in total. The van der Waals surface area contributed by atoms with Gasteiger partial charge in [0.05, 0.1) is 6.54 Å². The van der Waals surface area contributed by atoms with Gasteiger partial charge in [-0.25, -0.2) is 9.59 Å². The molecule has 0 saturated heterocycles. The Balaban J connectivity index is 3.97. The molecule has 116 valence electrons. The summed E-state index contributed by atoms with van der Waals surface area (Å²) >= 11 is 0. The molecule has 0 saturated carbocycles. The van der Waals surface area contributed by atoms with Crippen LogP contribution in [0, 0.1) is 0 Å². The monoisotopic (exact) mass is 321 g/mol. The van der Waals surface area contributed by atoms with Crippen molar-refractivity contribution >= 4 is 22.2 Å². The van der Waals surface area contributed by atoms with Crippen LogP contribution in [0.2, 0.25) is 0 Å². The number of alkyl carbamates (subject to hydrolysis) is 1. The van der Waals surface area contributed by atoms with E-state index in [0.717, 1.165) is 0 Å². The summed E-state index contributed by atoms with van der Waals surface area (Å²) in [6.07, 6.45) is -1.46. The summed E-state index contributed by atoms with van der Waals surface area (Å²) in [4.78, 5) is 21.3. The Labute approximate surface area is 111 Å². The average Bonchev–Trinajstić information content (AvgIpc) is 2.30. The predicted molar refractivity (Wildman–Crippen MR) is 57.1 cm³/mol. The molecular weight excluding hydrogens is 311 g/mol. The van der Waals surface area contributed by atoms with Crippen LogP contribution in [0.25, 0.3) is 0 Å². The van der Waals surface area contributed by atoms with Crippen molar-refractivity contribution in [3.63, 3.8) is 0 Å². The number of carbonyl (C=O) groups excluding carboxylic acids is 2. The highest BCUT2D eigenvalue weighted by molar-refractivity contribution is 7.86. The number of rotatable bonds is 7. The van der Waals surface area contributed by atoms with E-state index in [2.05, 4.69) is 16.1 Å². The first-order valence-corrected chi connectivity index (χ1v) is 6.18. The number of nitrogens with one attached hydrogen (secondary N) is 1. The molecule has 0 aromatic carbocycles. The van der Waals surface area contributed by atoms with Crippen molar-refractivity contribution in [2.24, 2.45) is 0 Å². The second kappa shape index (κ2) is 7.09. The SMILES string of the molecule is C=C(F)C(=O)OCCNC(=O)OCC(F)(F)S(=O)(=O)O. The highest BCUT2D eigenvalue weighted by Crippen LogP contribution is 2.20. The molecule has 0 aliphatic carbocycles. The first-order valence-electron chi connectivity index (χ1n) is 4.74. The first kappa shape index (κ1) is 18.2. The summed E-state index contributed by atoms with van der Waals surface area (Å²) in [5.41, 5.74) is 0. The Morgan fingerprint density at radius 1 is 1.30 bits per heavy atom. The van der Waals surface area contributed by atoms with E-state index in [1.54, 1.807) is 5.32 Å². The number of halogens is 3. The lowest BCUT2D eigenvalue weighted by atomic mass is 10.6. The standard InChI is InChI=1S/C8H10F3NO7S/c1-5(9)6(13)18-3-2-12-7(14)19-4-8(10,11)20(15,16)17/h1-4H2,(H,12,14)(H,15,16,17). The molecule has 0 unspecified atom stereocenters. The predicted octanol–water partition coefficient (Wildman–Crippen LogP) is 0.220. The molecular formula is C8H10F3NO7S. The Morgan fingerprint density at radius 2 is 1.85 bits per heavy atom. The topological polar surface area (TPSA) is 119 Å². The highest BCUT2D eigenvalue weighted by atomic mass is 32.2. The number of esters is 1. The molecule has 0 bridgehead atoms. The zero-order valence-corrected chi connectivity index (χ0v) is 10.6. The third-order valence-corrected chi connectivity index (χ3v) is 2.45. The Kier molecular flexibility index (Phi) is 6.45. The van der Waals surface area contributed by atoms with Crippen LogP contribution >= 0.6 is 0 Å². The molecule has 20 heavy (non-hydrogen) atoms. The molecule has 0 radical (unpaired) electrons. The normalized spacial score (nSPS) is 11.6.